The SMILES string of the molecule is Cc1ccc(NC(=O)c2ccc3c(c2)C(=O)N(C)C3=O)c(OCC(F)(F)F)c1. The summed E-state index contributed by atoms with van der Waals surface area (Å²) >= 11 is 0. The van der Waals surface area contributed by atoms with E-state index in [-0.39, 0.29) is 28.1 Å². The molecule has 0 aliphatic carbocycles. The molecule has 6 nitrogen and oxygen atoms in total. The highest BCUT2D eigenvalue weighted by molar-refractivity contribution is 6.22. The number of nitrogens with one attached hydrogen (secondary N) is 1. The van der Waals surface area contributed by atoms with Crippen LogP contribution in [0.1, 0.15) is 36.6 Å². The number of nitrogens with zero attached hydrogens (tertiary/aromatic N) is 1. The summed E-state index contributed by atoms with van der Waals surface area (Å²) < 4.78 is 42.2. The molecule has 0 saturated heterocycles. The Labute approximate surface area is 157 Å². The lowest BCUT2D eigenvalue weighted by molar-refractivity contribution is -0.153. The number of hydrogen-bond acceptors (Lipinski definition) is 4. The number of halogens is 3. The van der Waals surface area contributed by atoms with Crippen molar-refractivity contribution in [2.75, 3.05) is 19.0 Å². The van der Waals surface area contributed by atoms with Gasteiger partial charge in [-0.15, -0.1) is 0 Å². The molecule has 1 aliphatic heterocycles. The van der Waals surface area contributed by atoms with Crippen LogP contribution in [-0.2, 0) is 0 Å². The van der Waals surface area contributed by atoms with E-state index in [2.05, 4.69) is 5.32 Å². The molecule has 2 aromatic rings. The first-order chi connectivity index (χ1) is 13.1. The second-order valence-electron chi connectivity index (χ2n) is 6.29. The number of fused-ring (bicyclic) bond motifs is 1. The first-order valence-electron chi connectivity index (χ1n) is 8.15. The molecule has 1 aliphatic rings. The molecular weight excluding hydrogens is 377 g/mol. The summed E-state index contributed by atoms with van der Waals surface area (Å²) in [6.45, 7) is 0.173. The van der Waals surface area contributed by atoms with Gasteiger partial charge in [0, 0.05) is 12.6 Å². The summed E-state index contributed by atoms with van der Waals surface area (Å²) in [7, 11) is 1.33. The second-order valence-corrected chi connectivity index (χ2v) is 6.29. The summed E-state index contributed by atoms with van der Waals surface area (Å²) in [5.74, 6) is -1.77. The Kier molecular flexibility index (Phi) is 4.84. The molecule has 0 bridgehead atoms. The van der Waals surface area contributed by atoms with Gasteiger partial charge in [0.2, 0.25) is 0 Å². The van der Waals surface area contributed by atoms with Crippen LogP contribution in [0.5, 0.6) is 5.75 Å². The van der Waals surface area contributed by atoms with Crippen LogP contribution in [0.3, 0.4) is 0 Å². The van der Waals surface area contributed by atoms with Gasteiger partial charge in [-0.3, -0.25) is 19.3 Å². The molecule has 3 rings (SSSR count). The molecule has 0 saturated carbocycles. The smallest absolute Gasteiger partial charge is 0.422 e. The minimum absolute atomic E-state index is 0.0554. The van der Waals surface area contributed by atoms with E-state index >= 15 is 0 Å². The Balaban J connectivity index is 1.84. The number of hydrogen-bond donors (Lipinski definition) is 1. The fourth-order valence-corrected chi connectivity index (χ4v) is 2.71. The van der Waals surface area contributed by atoms with Crippen molar-refractivity contribution in [3.8, 4) is 5.75 Å². The average molecular weight is 392 g/mol. The number of ether oxygens (including phenoxy) is 1. The minimum Gasteiger partial charge on any atom is -0.482 e. The van der Waals surface area contributed by atoms with E-state index in [1.165, 1.54) is 37.4 Å². The number of alkyl halides is 3. The Hall–Kier alpha value is -3.36. The van der Waals surface area contributed by atoms with Crippen LogP contribution in [0, 0.1) is 6.92 Å². The lowest BCUT2D eigenvalue weighted by Crippen LogP contribution is -2.24. The van der Waals surface area contributed by atoms with Crippen LogP contribution >= 0.6 is 0 Å². The quantitative estimate of drug-likeness (QED) is 0.809. The third-order valence-corrected chi connectivity index (χ3v) is 4.13. The fourth-order valence-electron chi connectivity index (χ4n) is 2.71. The van der Waals surface area contributed by atoms with Crippen LogP contribution in [0.2, 0.25) is 0 Å². The minimum atomic E-state index is -4.52. The van der Waals surface area contributed by atoms with Crippen molar-refractivity contribution in [2.24, 2.45) is 0 Å². The van der Waals surface area contributed by atoms with Gasteiger partial charge < -0.3 is 10.1 Å². The standard InChI is InChI=1S/C19H15F3N2O4/c1-10-3-6-14(15(7-10)28-9-19(20,21)22)23-16(25)11-4-5-12-13(8-11)18(27)24(2)17(12)26/h3-8H,9H2,1-2H3,(H,23,25). The monoisotopic (exact) mass is 392 g/mol. The summed E-state index contributed by atoms with van der Waals surface area (Å²) in [6.07, 6.45) is -4.52. The van der Waals surface area contributed by atoms with Gasteiger partial charge in [-0.25, -0.2) is 0 Å². The van der Waals surface area contributed by atoms with Crippen molar-refractivity contribution in [1.29, 1.82) is 0 Å². The molecule has 0 aromatic heterocycles. The molecule has 0 radical (unpaired) electrons. The van der Waals surface area contributed by atoms with Gasteiger partial charge in [0.05, 0.1) is 16.8 Å². The van der Waals surface area contributed by atoms with Crippen LogP contribution < -0.4 is 10.1 Å². The number of amides is 3. The Bertz CT molecular complexity index is 986. The number of aryl methyl sites for hydroxylation is 1. The molecule has 0 fully saturated rings. The molecule has 0 atom stereocenters. The van der Waals surface area contributed by atoms with Crippen LogP contribution in [-0.4, -0.2) is 42.5 Å². The van der Waals surface area contributed by atoms with Gasteiger partial charge in [0.15, 0.2) is 6.61 Å². The van der Waals surface area contributed by atoms with E-state index in [1.54, 1.807) is 13.0 Å². The Morgan fingerprint density at radius 1 is 1.07 bits per heavy atom. The van der Waals surface area contributed by atoms with E-state index in [0.29, 0.717) is 5.56 Å². The fraction of sp³-hybridized carbons (Fsp3) is 0.211. The topological polar surface area (TPSA) is 75.7 Å². The predicted octanol–water partition coefficient (Wildman–Crippen LogP) is 3.41. The molecule has 1 N–H and O–H groups in total. The number of benzene rings is 2. The number of anilines is 1. The van der Waals surface area contributed by atoms with Gasteiger partial charge in [-0.1, -0.05) is 6.07 Å². The maximum absolute atomic E-state index is 12.5. The van der Waals surface area contributed by atoms with Crippen molar-refractivity contribution in [3.05, 3.63) is 58.7 Å². The van der Waals surface area contributed by atoms with E-state index in [1.807, 2.05) is 0 Å². The predicted molar refractivity (Wildman–Crippen MR) is 93.5 cm³/mol. The lowest BCUT2D eigenvalue weighted by atomic mass is 10.1. The number of carbonyl (C=O) groups is 3. The van der Waals surface area contributed by atoms with Crippen molar-refractivity contribution in [1.82, 2.24) is 4.90 Å². The molecule has 1 heterocycles. The zero-order chi connectivity index (χ0) is 20.6. The Morgan fingerprint density at radius 3 is 2.43 bits per heavy atom. The first-order valence-corrected chi connectivity index (χ1v) is 8.15. The summed E-state index contributed by atoms with van der Waals surface area (Å²) in [6, 6.07) is 8.41. The molecule has 28 heavy (non-hydrogen) atoms. The lowest BCUT2D eigenvalue weighted by Gasteiger charge is -2.15. The molecule has 3 amide bonds. The zero-order valence-corrected chi connectivity index (χ0v) is 14.9. The van der Waals surface area contributed by atoms with Gasteiger partial charge in [0.1, 0.15) is 5.75 Å². The average Bonchev–Trinajstić information content (AvgIpc) is 2.85. The van der Waals surface area contributed by atoms with E-state index < -0.39 is 30.5 Å². The normalized spacial score (nSPS) is 13.5. The molecule has 2 aromatic carbocycles. The molecule has 0 unspecified atom stereocenters. The number of imide groups is 1. The van der Waals surface area contributed by atoms with Gasteiger partial charge in [-0.05, 0) is 42.8 Å². The summed E-state index contributed by atoms with van der Waals surface area (Å²) in [4.78, 5) is 37.4. The van der Waals surface area contributed by atoms with Crippen LogP contribution in [0.25, 0.3) is 0 Å². The highest BCUT2D eigenvalue weighted by atomic mass is 19.4. The van der Waals surface area contributed by atoms with Crippen molar-refractivity contribution < 1.29 is 32.3 Å². The summed E-state index contributed by atoms with van der Waals surface area (Å²) in [5.41, 5.74) is 1.07. The maximum Gasteiger partial charge on any atom is 0.422 e. The highest BCUT2D eigenvalue weighted by Crippen LogP contribution is 2.29. The second kappa shape index (κ2) is 6.99. The van der Waals surface area contributed by atoms with E-state index in [0.717, 1.165) is 4.90 Å². The van der Waals surface area contributed by atoms with Gasteiger partial charge in [-0.2, -0.15) is 13.2 Å². The number of carbonyl (C=O) groups excluding carboxylic acids is 3. The molecule has 0 spiro atoms. The van der Waals surface area contributed by atoms with Crippen molar-refractivity contribution in [3.63, 3.8) is 0 Å². The largest absolute Gasteiger partial charge is 0.482 e. The summed E-state index contributed by atoms with van der Waals surface area (Å²) in [5, 5.41) is 2.48. The van der Waals surface area contributed by atoms with Crippen LogP contribution in [0.15, 0.2) is 36.4 Å². The third-order valence-electron chi connectivity index (χ3n) is 4.13. The molecular formula is C19H15F3N2O4. The zero-order valence-electron chi connectivity index (χ0n) is 14.9. The maximum atomic E-state index is 12.5. The van der Waals surface area contributed by atoms with E-state index in [4.69, 9.17) is 4.74 Å². The third kappa shape index (κ3) is 3.83. The number of rotatable bonds is 4. The van der Waals surface area contributed by atoms with Gasteiger partial charge >= 0.3 is 6.18 Å². The van der Waals surface area contributed by atoms with Crippen LogP contribution in [0.4, 0.5) is 18.9 Å². The highest BCUT2D eigenvalue weighted by Gasteiger charge is 2.33. The van der Waals surface area contributed by atoms with Crippen molar-refractivity contribution >= 4 is 23.4 Å². The molecule has 9 heteroatoms. The molecule has 146 valence electrons. The van der Waals surface area contributed by atoms with Gasteiger partial charge in [0.25, 0.3) is 17.7 Å². The van der Waals surface area contributed by atoms with Crippen molar-refractivity contribution in [2.45, 2.75) is 13.1 Å². The Morgan fingerprint density at radius 2 is 1.75 bits per heavy atom. The first kappa shape index (κ1) is 19.4. The van der Waals surface area contributed by atoms with E-state index in [9.17, 15) is 27.6 Å².